The number of nitrogens with one attached hydrogen (secondary N) is 1. The number of amides is 1. The van der Waals surface area contributed by atoms with E-state index in [-0.39, 0.29) is 12.5 Å². The van der Waals surface area contributed by atoms with Gasteiger partial charge in [-0.15, -0.1) is 0 Å². The molecule has 1 aromatic heterocycles. The summed E-state index contributed by atoms with van der Waals surface area (Å²) in [5.74, 6) is -0.197. The first-order valence-electron chi connectivity index (χ1n) is 10.7. The van der Waals surface area contributed by atoms with Gasteiger partial charge in [0.25, 0.3) is 5.91 Å². The van der Waals surface area contributed by atoms with Crippen LogP contribution in [-0.4, -0.2) is 42.9 Å². The van der Waals surface area contributed by atoms with E-state index < -0.39 is 12.1 Å². The lowest BCUT2D eigenvalue weighted by molar-refractivity contribution is -0.156. The highest BCUT2D eigenvalue weighted by Crippen LogP contribution is 2.22. The Labute approximate surface area is 188 Å². The van der Waals surface area contributed by atoms with Crippen molar-refractivity contribution >= 4 is 22.8 Å². The minimum absolute atomic E-state index is 0.252. The van der Waals surface area contributed by atoms with Crippen LogP contribution in [0.3, 0.4) is 0 Å². The SMILES string of the molecule is CCOC(=O)C(Cc1ccc(OC)c(C(=O)NCc2cc3ccccc3n2C)c1)OCC. The quantitative estimate of drug-likeness (QED) is 0.489. The number of aromatic nitrogens is 1. The number of ether oxygens (including phenoxy) is 3. The number of nitrogens with zero attached hydrogens (tertiary/aromatic N) is 1. The number of aryl methyl sites for hydroxylation is 1. The fourth-order valence-corrected chi connectivity index (χ4v) is 3.70. The molecule has 1 N–H and O–H groups in total. The molecular formula is C25H30N2O5. The first kappa shape index (κ1) is 23.3. The molecule has 0 spiro atoms. The highest BCUT2D eigenvalue weighted by Gasteiger charge is 2.22. The maximum atomic E-state index is 13.0. The van der Waals surface area contributed by atoms with E-state index in [1.807, 2.05) is 44.3 Å². The van der Waals surface area contributed by atoms with Crippen LogP contribution in [0.15, 0.2) is 48.5 Å². The maximum Gasteiger partial charge on any atom is 0.335 e. The summed E-state index contributed by atoms with van der Waals surface area (Å²) in [6, 6.07) is 15.4. The molecule has 0 bridgehead atoms. The third-order valence-corrected chi connectivity index (χ3v) is 5.33. The highest BCUT2D eigenvalue weighted by molar-refractivity contribution is 5.97. The average molecular weight is 439 g/mol. The molecule has 7 nitrogen and oxygen atoms in total. The number of methoxy groups -OCH3 is 1. The number of esters is 1. The van der Waals surface area contributed by atoms with E-state index in [0.29, 0.717) is 30.9 Å². The molecule has 1 atom stereocenters. The molecule has 3 rings (SSSR count). The van der Waals surface area contributed by atoms with Crippen LogP contribution in [0, 0.1) is 0 Å². The van der Waals surface area contributed by atoms with Gasteiger partial charge in [-0.05, 0) is 49.1 Å². The fourth-order valence-electron chi connectivity index (χ4n) is 3.70. The molecular weight excluding hydrogens is 408 g/mol. The van der Waals surface area contributed by atoms with Crippen LogP contribution in [0.5, 0.6) is 5.75 Å². The zero-order valence-corrected chi connectivity index (χ0v) is 19.0. The van der Waals surface area contributed by atoms with Crippen molar-refractivity contribution in [2.45, 2.75) is 32.9 Å². The highest BCUT2D eigenvalue weighted by atomic mass is 16.6. The molecule has 2 aromatic carbocycles. The van der Waals surface area contributed by atoms with E-state index >= 15 is 0 Å². The summed E-state index contributed by atoms with van der Waals surface area (Å²) in [4.78, 5) is 25.2. The second-order valence-electron chi connectivity index (χ2n) is 7.37. The number of hydrogen-bond donors (Lipinski definition) is 1. The van der Waals surface area contributed by atoms with Crippen LogP contribution in [0.25, 0.3) is 10.9 Å². The summed E-state index contributed by atoms with van der Waals surface area (Å²) in [7, 11) is 3.51. The predicted octanol–water partition coefficient (Wildman–Crippen LogP) is 3.63. The lowest BCUT2D eigenvalue weighted by atomic mass is 10.0. The predicted molar refractivity (Wildman–Crippen MR) is 123 cm³/mol. The molecule has 0 aliphatic carbocycles. The summed E-state index contributed by atoms with van der Waals surface area (Å²) in [5.41, 5.74) is 3.29. The molecule has 1 amide bonds. The van der Waals surface area contributed by atoms with Crippen molar-refractivity contribution in [3.05, 3.63) is 65.4 Å². The number of rotatable bonds is 10. The topological polar surface area (TPSA) is 78.8 Å². The number of para-hydroxylation sites is 1. The Morgan fingerprint density at radius 2 is 1.84 bits per heavy atom. The standard InChI is InChI=1S/C25H30N2O5/c1-5-31-23(25(29)32-6-2)14-17-11-12-22(30-4)20(13-17)24(28)26-16-19-15-18-9-7-8-10-21(18)27(19)3/h7-13,15,23H,5-6,14,16H2,1-4H3,(H,26,28). The Hall–Kier alpha value is -3.32. The van der Waals surface area contributed by atoms with Gasteiger partial charge in [0.05, 0.1) is 25.8 Å². The molecule has 0 radical (unpaired) electrons. The van der Waals surface area contributed by atoms with Crippen LogP contribution >= 0.6 is 0 Å². The number of carbonyl (C=O) groups is 2. The van der Waals surface area contributed by atoms with Gasteiger partial charge in [0.2, 0.25) is 0 Å². The van der Waals surface area contributed by atoms with Crippen LogP contribution < -0.4 is 10.1 Å². The molecule has 32 heavy (non-hydrogen) atoms. The zero-order valence-electron chi connectivity index (χ0n) is 19.0. The summed E-state index contributed by atoms with van der Waals surface area (Å²) in [6.07, 6.45) is -0.416. The molecule has 1 heterocycles. The number of fused-ring (bicyclic) bond motifs is 1. The van der Waals surface area contributed by atoms with Crippen LogP contribution in [-0.2, 0) is 34.3 Å². The Kier molecular flexibility index (Phi) is 7.89. The molecule has 3 aromatic rings. The van der Waals surface area contributed by atoms with E-state index in [9.17, 15) is 9.59 Å². The minimum atomic E-state index is -0.722. The molecule has 170 valence electrons. The Balaban J connectivity index is 1.77. The van der Waals surface area contributed by atoms with Crippen molar-refractivity contribution in [3.63, 3.8) is 0 Å². The monoisotopic (exact) mass is 438 g/mol. The van der Waals surface area contributed by atoms with E-state index in [4.69, 9.17) is 14.2 Å². The molecule has 0 fully saturated rings. The van der Waals surface area contributed by atoms with Crippen molar-refractivity contribution in [1.29, 1.82) is 0 Å². The van der Waals surface area contributed by atoms with Crippen LogP contribution in [0.4, 0.5) is 0 Å². The molecule has 7 heteroatoms. The Morgan fingerprint density at radius 1 is 1.06 bits per heavy atom. The lowest BCUT2D eigenvalue weighted by Crippen LogP contribution is -2.29. The minimum Gasteiger partial charge on any atom is -0.496 e. The summed E-state index contributed by atoms with van der Waals surface area (Å²) < 4.78 is 18.1. The van der Waals surface area contributed by atoms with Gasteiger partial charge in [-0.2, -0.15) is 0 Å². The summed E-state index contributed by atoms with van der Waals surface area (Å²) in [5, 5.41) is 4.10. The maximum absolute atomic E-state index is 13.0. The van der Waals surface area contributed by atoms with Crippen LogP contribution in [0.2, 0.25) is 0 Å². The van der Waals surface area contributed by atoms with Crippen molar-refractivity contribution < 1.29 is 23.8 Å². The third-order valence-electron chi connectivity index (χ3n) is 5.33. The zero-order chi connectivity index (χ0) is 23.1. The van der Waals surface area contributed by atoms with Crippen LogP contribution in [0.1, 0.15) is 35.5 Å². The number of hydrogen-bond acceptors (Lipinski definition) is 5. The molecule has 0 saturated carbocycles. The lowest BCUT2D eigenvalue weighted by Gasteiger charge is -2.17. The van der Waals surface area contributed by atoms with Gasteiger partial charge < -0.3 is 24.1 Å². The van der Waals surface area contributed by atoms with Crippen molar-refractivity contribution in [2.24, 2.45) is 7.05 Å². The first-order valence-corrected chi connectivity index (χ1v) is 10.7. The summed E-state index contributed by atoms with van der Waals surface area (Å²) in [6.45, 7) is 4.63. The first-order chi connectivity index (χ1) is 15.5. The summed E-state index contributed by atoms with van der Waals surface area (Å²) >= 11 is 0. The van der Waals surface area contributed by atoms with Crippen molar-refractivity contribution in [3.8, 4) is 5.75 Å². The van der Waals surface area contributed by atoms with Gasteiger partial charge >= 0.3 is 5.97 Å². The number of carbonyl (C=O) groups excluding carboxylic acids is 2. The fraction of sp³-hybridized carbons (Fsp3) is 0.360. The van der Waals surface area contributed by atoms with Gasteiger partial charge in [0.1, 0.15) is 5.75 Å². The molecule has 0 aliphatic rings. The van der Waals surface area contributed by atoms with Gasteiger partial charge in [-0.25, -0.2) is 4.79 Å². The van der Waals surface area contributed by atoms with E-state index in [1.165, 1.54) is 7.11 Å². The van der Waals surface area contributed by atoms with E-state index in [0.717, 1.165) is 22.2 Å². The third kappa shape index (κ3) is 5.29. The second kappa shape index (κ2) is 10.8. The molecule has 0 aliphatic heterocycles. The second-order valence-corrected chi connectivity index (χ2v) is 7.37. The molecule has 0 saturated heterocycles. The Morgan fingerprint density at radius 3 is 2.53 bits per heavy atom. The van der Waals surface area contributed by atoms with Crippen molar-refractivity contribution in [2.75, 3.05) is 20.3 Å². The number of benzene rings is 2. The molecule has 1 unspecified atom stereocenters. The van der Waals surface area contributed by atoms with Gasteiger partial charge in [0, 0.05) is 31.3 Å². The smallest absolute Gasteiger partial charge is 0.335 e. The largest absolute Gasteiger partial charge is 0.496 e. The van der Waals surface area contributed by atoms with E-state index in [2.05, 4.69) is 16.0 Å². The normalized spacial score (nSPS) is 11.9. The van der Waals surface area contributed by atoms with E-state index in [1.54, 1.807) is 19.1 Å². The van der Waals surface area contributed by atoms with Gasteiger partial charge in [-0.1, -0.05) is 24.3 Å². The Bertz CT molecular complexity index is 1090. The van der Waals surface area contributed by atoms with Gasteiger partial charge in [-0.3, -0.25) is 4.79 Å². The average Bonchev–Trinajstić information content (AvgIpc) is 3.13. The van der Waals surface area contributed by atoms with Gasteiger partial charge in [0.15, 0.2) is 6.10 Å². The van der Waals surface area contributed by atoms with Crippen molar-refractivity contribution in [1.82, 2.24) is 9.88 Å².